The highest BCUT2D eigenvalue weighted by Crippen LogP contribution is 2.44. The summed E-state index contributed by atoms with van der Waals surface area (Å²) < 4.78 is 5.71. The number of carbonyl (C=O) groups excluding carboxylic acids is 1. The molecular formula is C10H16O3. The Bertz CT molecular complexity index is 193. The molecule has 0 radical (unpaired) electrons. The summed E-state index contributed by atoms with van der Waals surface area (Å²) in [5.41, 5.74) is 0. The predicted molar refractivity (Wildman–Crippen MR) is 47.3 cm³/mol. The number of hydrogen-bond acceptors (Lipinski definition) is 3. The van der Waals surface area contributed by atoms with Crippen LogP contribution in [0.5, 0.6) is 0 Å². The smallest absolute Gasteiger partial charge is 0.120 e. The van der Waals surface area contributed by atoms with Gasteiger partial charge in [0.15, 0.2) is 0 Å². The average molecular weight is 184 g/mol. The Balaban J connectivity index is 1.96. The second-order valence-corrected chi connectivity index (χ2v) is 4.04. The van der Waals surface area contributed by atoms with E-state index >= 15 is 0 Å². The molecule has 3 heteroatoms. The van der Waals surface area contributed by atoms with Crippen LogP contribution >= 0.6 is 0 Å². The fourth-order valence-corrected chi connectivity index (χ4v) is 2.78. The van der Waals surface area contributed by atoms with Gasteiger partial charge in [0.2, 0.25) is 0 Å². The number of fused-ring (bicyclic) bond motifs is 2. The van der Waals surface area contributed by atoms with E-state index in [1.54, 1.807) is 0 Å². The van der Waals surface area contributed by atoms with Crippen molar-refractivity contribution in [3.05, 3.63) is 0 Å². The number of hydrogen-bond donors (Lipinski definition) is 1. The minimum absolute atomic E-state index is 0.213. The molecule has 0 spiro atoms. The zero-order valence-corrected chi connectivity index (χ0v) is 7.69. The van der Waals surface area contributed by atoms with E-state index < -0.39 is 0 Å². The van der Waals surface area contributed by atoms with Crippen LogP contribution in [0, 0.1) is 11.8 Å². The van der Waals surface area contributed by atoms with Gasteiger partial charge in [-0.1, -0.05) is 0 Å². The Hall–Kier alpha value is -0.410. The molecule has 0 unspecified atom stereocenters. The monoisotopic (exact) mass is 184 g/mol. The molecule has 2 aliphatic rings. The van der Waals surface area contributed by atoms with Crippen LogP contribution in [0.2, 0.25) is 0 Å². The van der Waals surface area contributed by atoms with Gasteiger partial charge in [0, 0.05) is 18.9 Å². The summed E-state index contributed by atoms with van der Waals surface area (Å²) in [5, 5.41) is 9.19. The summed E-state index contributed by atoms with van der Waals surface area (Å²) in [7, 11) is 0. The molecule has 0 aromatic rings. The van der Waals surface area contributed by atoms with Crippen molar-refractivity contribution in [2.45, 2.75) is 37.9 Å². The van der Waals surface area contributed by atoms with E-state index in [9.17, 15) is 9.90 Å². The molecule has 2 rings (SSSR count). The van der Waals surface area contributed by atoms with Crippen molar-refractivity contribution in [3.63, 3.8) is 0 Å². The van der Waals surface area contributed by atoms with Crippen LogP contribution in [0.3, 0.4) is 0 Å². The zero-order chi connectivity index (χ0) is 9.26. The fourth-order valence-electron chi connectivity index (χ4n) is 2.78. The maximum absolute atomic E-state index is 10.3. The second kappa shape index (κ2) is 3.76. The quantitative estimate of drug-likeness (QED) is 0.656. The first-order valence-electron chi connectivity index (χ1n) is 5.06. The maximum atomic E-state index is 10.3. The van der Waals surface area contributed by atoms with Gasteiger partial charge >= 0.3 is 0 Å². The van der Waals surface area contributed by atoms with E-state index in [0.29, 0.717) is 24.4 Å². The van der Waals surface area contributed by atoms with Gasteiger partial charge in [0.25, 0.3) is 0 Å². The third-order valence-electron chi connectivity index (χ3n) is 3.42. The molecule has 0 aliphatic carbocycles. The van der Waals surface area contributed by atoms with Crippen molar-refractivity contribution in [3.8, 4) is 0 Å². The van der Waals surface area contributed by atoms with Crippen molar-refractivity contribution in [1.82, 2.24) is 0 Å². The number of ether oxygens (including phenoxy) is 1. The molecule has 4 atom stereocenters. The van der Waals surface area contributed by atoms with E-state index in [1.165, 1.54) is 0 Å². The summed E-state index contributed by atoms with van der Waals surface area (Å²) in [4.78, 5) is 10.3. The van der Waals surface area contributed by atoms with Crippen molar-refractivity contribution < 1.29 is 14.6 Å². The highest BCUT2D eigenvalue weighted by molar-refractivity contribution is 5.49. The lowest BCUT2D eigenvalue weighted by Gasteiger charge is -2.25. The molecule has 2 aliphatic heterocycles. The third kappa shape index (κ3) is 1.51. The van der Waals surface area contributed by atoms with Crippen molar-refractivity contribution >= 4 is 6.29 Å². The maximum Gasteiger partial charge on any atom is 0.120 e. The molecule has 2 saturated heterocycles. The third-order valence-corrected chi connectivity index (χ3v) is 3.42. The zero-order valence-electron chi connectivity index (χ0n) is 7.69. The van der Waals surface area contributed by atoms with Gasteiger partial charge in [0.1, 0.15) is 6.29 Å². The first kappa shape index (κ1) is 9.16. The second-order valence-electron chi connectivity index (χ2n) is 4.04. The Labute approximate surface area is 78.1 Å². The molecule has 2 fully saturated rings. The summed E-state index contributed by atoms with van der Waals surface area (Å²) in [6.07, 6.45) is 5.25. The number of aliphatic hydroxyl groups is 1. The minimum atomic E-state index is 0.213. The lowest BCUT2D eigenvalue weighted by molar-refractivity contribution is -0.108. The van der Waals surface area contributed by atoms with Gasteiger partial charge in [-0.2, -0.15) is 0 Å². The normalized spacial score (nSPS) is 42.5. The van der Waals surface area contributed by atoms with Crippen molar-refractivity contribution in [2.75, 3.05) is 6.61 Å². The summed E-state index contributed by atoms with van der Waals surface area (Å²) >= 11 is 0. The first-order chi connectivity index (χ1) is 6.36. The molecule has 0 saturated carbocycles. The van der Waals surface area contributed by atoms with Gasteiger partial charge in [-0.05, 0) is 25.2 Å². The number of aldehydes is 1. The lowest BCUT2D eigenvalue weighted by Crippen LogP contribution is -2.29. The number of rotatable bonds is 4. The van der Waals surface area contributed by atoms with Crippen molar-refractivity contribution in [2.24, 2.45) is 11.8 Å². The van der Waals surface area contributed by atoms with Crippen LogP contribution in [-0.4, -0.2) is 30.2 Å². The molecule has 3 nitrogen and oxygen atoms in total. The molecule has 0 aromatic heterocycles. The van der Waals surface area contributed by atoms with Crippen LogP contribution in [0.25, 0.3) is 0 Å². The molecule has 1 N–H and O–H groups in total. The van der Waals surface area contributed by atoms with Gasteiger partial charge in [-0.25, -0.2) is 0 Å². The highest BCUT2D eigenvalue weighted by Gasteiger charge is 2.47. The van der Waals surface area contributed by atoms with Crippen LogP contribution < -0.4 is 0 Å². The van der Waals surface area contributed by atoms with E-state index in [4.69, 9.17) is 4.74 Å². The minimum Gasteiger partial charge on any atom is -0.396 e. The predicted octanol–water partition coefficient (Wildman–Crippen LogP) is 0.751. The topological polar surface area (TPSA) is 46.5 Å². The molecular weight excluding hydrogens is 168 g/mol. The summed E-state index contributed by atoms with van der Waals surface area (Å²) in [6, 6.07) is 0. The molecule has 2 bridgehead atoms. The van der Waals surface area contributed by atoms with Gasteiger partial charge in [-0.15, -0.1) is 0 Å². The Morgan fingerprint density at radius 1 is 1.31 bits per heavy atom. The molecule has 0 aromatic carbocycles. The molecule has 0 amide bonds. The van der Waals surface area contributed by atoms with Crippen LogP contribution in [0.1, 0.15) is 25.7 Å². The van der Waals surface area contributed by atoms with Gasteiger partial charge in [0.05, 0.1) is 12.2 Å². The van der Waals surface area contributed by atoms with E-state index in [-0.39, 0.29) is 12.7 Å². The van der Waals surface area contributed by atoms with E-state index in [0.717, 1.165) is 25.5 Å². The van der Waals surface area contributed by atoms with Crippen molar-refractivity contribution in [1.29, 1.82) is 0 Å². The number of carbonyl (C=O) groups is 1. The lowest BCUT2D eigenvalue weighted by atomic mass is 9.77. The molecule has 74 valence electrons. The Morgan fingerprint density at radius 2 is 2.00 bits per heavy atom. The van der Waals surface area contributed by atoms with E-state index in [1.807, 2.05) is 0 Å². The highest BCUT2D eigenvalue weighted by atomic mass is 16.5. The summed E-state index contributed by atoms with van der Waals surface area (Å²) in [5.74, 6) is 0.715. The largest absolute Gasteiger partial charge is 0.396 e. The fraction of sp³-hybridized carbons (Fsp3) is 0.900. The van der Waals surface area contributed by atoms with Gasteiger partial charge < -0.3 is 14.6 Å². The van der Waals surface area contributed by atoms with Crippen LogP contribution in [0.4, 0.5) is 0 Å². The average Bonchev–Trinajstić information content (AvgIpc) is 2.73. The molecule has 13 heavy (non-hydrogen) atoms. The Morgan fingerprint density at radius 3 is 2.62 bits per heavy atom. The number of aliphatic hydroxyl groups excluding tert-OH is 1. The standard InChI is InChI=1S/C10H16O3/c11-5-1-2-7-8(6-12)10-4-3-9(7)13-10/h5,7-10,12H,1-4,6H2/t7-,8+,9-,10+/m1/s1. The van der Waals surface area contributed by atoms with Gasteiger partial charge in [-0.3, -0.25) is 0 Å². The molecule has 2 heterocycles. The SMILES string of the molecule is O=CCC[C@@H]1[C@H](CO)[C@@H]2CC[C@H]1O2. The first-order valence-corrected chi connectivity index (χ1v) is 5.06. The van der Waals surface area contributed by atoms with E-state index in [2.05, 4.69) is 0 Å². The van der Waals surface area contributed by atoms with Crippen LogP contribution in [-0.2, 0) is 9.53 Å². The van der Waals surface area contributed by atoms with Crippen LogP contribution in [0.15, 0.2) is 0 Å². The Kier molecular flexibility index (Phi) is 2.65. The summed E-state index contributed by atoms with van der Waals surface area (Å²) in [6.45, 7) is 0.213.